The zero-order valence-electron chi connectivity index (χ0n) is 18.5. The Morgan fingerprint density at radius 3 is 2.16 bits per heavy atom. The Morgan fingerprint density at radius 2 is 1.58 bits per heavy atom. The van der Waals surface area contributed by atoms with Gasteiger partial charge in [-0.05, 0) is 61.7 Å². The van der Waals surface area contributed by atoms with Gasteiger partial charge in [0.05, 0.1) is 27.4 Å². The first-order valence-corrected chi connectivity index (χ1v) is 10.4. The van der Waals surface area contributed by atoms with Crippen LogP contribution in [0.5, 0.6) is 17.2 Å². The summed E-state index contributed by atoms with van der Waals surface area (Å²) >= 11 is 0. The van der Waals surface area contributed by atoms with Gasteiger partial charge in [-0.15, -0.1) is 0 Å². The minimum absolute atomic E-state index is 0.0128. The lowest BCUT2D eigenvalue weighted by molar-refractivity contribution is -0.127. The average Bonchev–Trinajstić information content (AvgIpc) is 2.83. The molecule has 7 nitrogen and oxygen atoms in total. The predicted octanol–water partition coefficient (Wildman–Crippen LogP) is 3.44. The molecular weight excluding hydrogens is 396 g/mol. The highest BCUT2D eigenvalue weighted by atomic mass is 16.5. The van der Waals surface area contributed by atoms with Gasteiger partial charge in [-0.3, -0.25) is 9.59 Å². The van der Waals surface area contributed by atoms with Crippen LogP contribution in [0.2, 0.25) is 0 Å². The molecule has 0 saturated carbocycles. The van der Waals surface area contributed by atoms with Crippen molar-refractivity contribution in [3.63, 3.8) is 0 Å². The molecule has 0 aromatic heterocycles. The van der Waals surface area contributed by atoms with Crippen LogP contribution in [0.15, 0.2) is 42.5 Å². The van der Waals surface area contributed by atoms with E-state index < -0.39 is 0 Å². The second-order valence-electron chi connectivity index (χ2n) is 7.64. The monoisotopic (exact) mass is 426 g/mol. The quantitative estimate of drug-likeness (QED) is 0.734. The summed E-state index contributed by atoms with van der Waals surface area (Å²) in [5.41, 5.74) is 1.57. The van der Waals surface area contributed by atoms with Crippen LogP contribution in [0.25, 0.3) is 0 Å². The molecule has 0 aliphatic carbocycles. The van der Waals surface area contributed by atoms with E-state index in [4.69, 9.17) is 14.2 Å². The highest BCUT2D eigenvalue weighted by molar-refractivity contribution is 5.94. The van der Waals surface area contributed by atoms with Gasteiger partial charge in [-0.1, -0.05) is 6.07 Å². The summed E-state index contributed by atoms with van der Waals surface area (Å²) < 4.78 is 15.8. The van der Waals surface area contributed by atoms with Crippen LogP contribution in [0.3, 0.4) is 0 Å². The third-order valence-corrected chi connectivity index (χ3v) is 5.76. The first-order chi connectivity index (χ1) is 15.0. The van der Waals surface area contributed by atoms with Gasteiger partial charge in [0.1, 0.15) is 5.75 Å². The number of hydrogen-bond donors (Lipinski definition) is 1. The molecule has 166 valence electrons. The van der Waals surface area contributed by atoms with E-state index in [1.165, 1.54) is 0 Å². The van der Waals surface area contributed by atoms with Crippen molar-refractivity contribution in [2.45, 2.75) is 25.8 Å². The summed E-state index contributed by atoms with van der Waals surface area (Å²) in [5.74, 6) is 1.89. The second-order valence-corrected chi connectivity index (χ2v) is 7.64. The Hall–Kier alpha value is -3.22. The van der Waals surface area contributed by atoms with Gasteiger partial charge in [0.25, 0.3) is 5.91 Å². The van der Waals surface area contributed by atoms with Crippen molar-refractivity contribution in [2.24, 2.45) is 5.92 Å². The van der Waals surface area contributed by atoms with Crippen LogP contribution < -0.4 is 19.5 Å². The Bertz CT molecular complexity index is 905. The molecule has 31 heavy (non-hydrogen) atoms. The highest BCUT2D eigenvalue weighted by Crippen LogP contribution is 2.30. The number of benzene rings is 2. The lowest BCUT2D eigenvalue weighted by Crippen LogP contribution is -2.43. The van der Waals surface area contributed by atoms with Gasteiger partial charge in [-0.25, -0.2) is 0 Å². The van der Waals surface area contributed by atoms with Crippen molar-refractivity contribution >= 4 is 11.8 Å². The number of carbonyl (C=O) groups excluding carboxylic acids is 2. The van der Waals surface area contributed by atoms with Crippen molar-refractivity contribution in [3.05, 3.63) is 53.6 Å². The highest BCUT2D eigenvalue weighted by Gasteiger charge is 2.28. The van der Waals surface area contributed by atoms with Crippen LogP contribution >= 0.6 is 0 Å². The minimum atomic E-state index is -0.161. The van der Waals surface area contributed by atoms with Gasteiger partial charge in [0.15, 0.2) is 11.5 Å². The zero-order valence-corrected chi connectivity index (χ0v) is 18.5. The minimum Gasteiger partial charge on any atom is -0.497 e. The lowest BCUT2D eigenvalue weighted by atomic mass is 9.94. The van der Waals surface area contributed by atoms with Gasteiger partial charge in [0.2, 0.25) is 5.91 Å². The predicted molar refractivity (Wildman–Crippen MR) is 118 cm³/mol. The van der Waals surface area contributed by atoms with Gasteiger partial charge in [0, 0.05) is 24.6 Å². The van der Waals surface area contributed by atoms with Crippen molar-refractivity contribution in [2.75, 3.05) is 34.4 Å². The SMILES string of the molecule is COc1ccc(C(=O)N2CCC(C(=O)NC(C)c3ccc(OC)c(OC)c3)CC2)cc1. The number of rotatable bonds is 7. The molecule has 1 heterocycles. The number of piperidine rings is 1. The van der Waals surface area contributed by atoms with Gasteiger partial charge < -0.3 is 24.4 Å². The molecule has 2 aromatic rings. The normalized spacial score (nSPS) is 15.2. The fourth-order valence-corrected chi connectivity index (χ4v) is 3.80. The molecule has 2 amide bonds. The number of likely N-dealkylation sites (tertiary alicyclic amines) is 1. The van der Waals surface area contributed by atoms with Crippen LogP contribution in [0.1, 0.15) is 41.7 Å². The molecule has 1 unspecified atom stereocenters. The van der Waals surface area contributed by atoms with Crippen LogP contribution in [0.4, 0.5) is 0 Å². The molecule has 1 N–H and O–H groups in total. The van der Waals surface area contributed by atoms with E-state index in [1.807, 2.05) is 30.0 Å². The summed E-state index contributed by atoms with van der Waals surface area (Å²) in [7, 11) is 4.78. The molecule has 1 atom stereocenters. The Kier molecular flexibility index (Phi) is 7.39. The Labute approximate surface area is 183 Å². The van der Waals surface area contributed by atoms with E-state index in [9.17, 15) is 9.59 Å². The topological polar surface area (TPSA) is 77.1 Å². The van der Waals surface area contributed by atoms with Crippen LogP contribution in [-0.2, 0) is 4.79 Å². The van der Waals surface area contributed by atoms with Crippen LogP contribution in [0, 0.1) is 5.92 Å². The summed E-state index contributed by atoms with van der Waals surface area (Å²) in [6.07, 6.45) is 1.29. The molecule has 3 rings (SSSR count). The van der Waals surface area contributed by atoms with E-state index >= 15 is 0 Å². The smallest absolute Gasteiger partial charge is 0.253 e. The van der Waals surface area contributed by atoms with E-state index in [0.717, 1.165) is 11.3 Å². The van der Waals surface area contributed by atoms with E-state index in [-0.39, 0.29) is 23.8 Å². The standard InChI is InChI=1S/C24H30N2O5/c1-16(19-7-10-21(30-3)22(15-19)31-4)25-23(27)17-11-13-26(14-12-17)24(28)18-5-8-20(29-2)9-6-18/h5-10,15-17H,11-14H2,1-4H3,(H,25,27). The fourth-order valence-electron chi connectivity index (χ4n) is 3.80. The summed E-state index contributed by atoms with van der Waals surface area (Å²) in [5, 5.41) is 3.09. The number of ether oxygens (including phenoxy) is 3. The van der Waals surface area contributed by atoms with Gasteiger partial charge >= 0.3 is 0 Å². The largest absolute Gasteiger partial charge is 0.497 e. The number of methoxy groups -OCH3 is 3. The van der Waals surface area contributed by atoms with Crippen molar-refractivity contribution in [1.29, 1.82) is 0 Å². The maximum Gasteiger partial charge on any atom is 0.253 e. The maximum atomic E-state index is 12.8. The maximum absolute atomic E-state index is 12.8. The van der Waals surface area contributed by atoms with E-state index in [1.54, 1.807) is 45.6 Å². The third kappa shape index (κ3) is 5.29. The first kappa shape index (κ1) is 22.5. The van der Waals surface area contributed by atoms with Gasteiger partial charge in [-0.2, -0.15) is 0 Å². The number of nitrogens with zero attached hydrogens (tertiary/aromatic N) is 1. The molecule has 1 aliphatic heterocycles. The molecule has 0 radical (unpaired) electrons. The summed E-state index contributed by atoms with van der Waals surface area (Å²) in [6.45, 7) is 3.07. The second kappa shape index (κ2) is 10.2. The average molecular weight is 427 g/mol. The Balaban J connectivity index is 1.54. The van der Waals surface area contributed by atoms with Crippen molar-refractivity contribution < 1.29 is 23.8 Å². The summed E-state index contributed by atoms with van der Waals surface area (Å²) in [6, 6.07) is 12.6. The molecule has 1 fully saturated rings. The number of nitrogens with one attached hydrogen (secondary N) is 1. The van der Waals surface area contributed by atoms with E-state index in [0.29, 0.717) is 43.0 Å². The Morgan fingerprint density at radius 1 is 0.935 bits per heavy atom. The molecule has 7 heteroatoms. The lowest BCUT2D eigenvalue weighted by Gasteiger charge is -2.32. The molecule has 0 spiro atoms. The number of amides is 2. The molecule has 0 bridgehead atoms. The van der Waals surface area contributed by atoms with Crippen LogP contribution in [-0.4, -0.2) is 51.1 Å². The zero-order chi connectivity index (χ0) is 22.4. The van der Waals surface area contributed by atoms with Crippen molar-refractivity contribution in [3.8, 4) is 17.2 Å². The molecular formula is C24H30N2O5. The first-order valence-electron chi connectivity index (χ1n) is 10.4. The number of carbonyl (C=O) groups is 2. The molecule has 2 aromatic carbocycles. The van der Waals surface area contributed by atoms with E-state index in [2.05, 4.69) is 5.32 Å². The fraction of sp³-hybridized carbons (Fsp3) is 0.417. The van der Waals surface area contributed by atoms with Crippen molar-refractivity contribution in [1.82, 2.24) is 10.2 Å². The third-order valence-electron chi connectivity index (χ3n) is 5.76. The summed E-state index contributed by atoms with van der Waals surface area (Å²) in [4.78, 5) is 27.3. The molecule has 1 aliphatic rings. The number of hydrogen-bond acceptors (Lipinski definition) is 5. The molecule has 1 saturated heterocycles.